The SMILES string of the molecule is CCOc1ccc(/C=C2/SC(=S)N(NC(=O)c3cccs3)C2=O)cc1OCC. The second kappa shape index (κ2) is 9.22. The molecule has 0 spiro atoms. The van der Waals surface area contributed by atoms with E-state index in [0.29, 0.717) is 34.5 Å². The van der Waals surface area contributed by atoms with E-state index >= 15 is 0 Å². The fourth-order valence-electron chi connectivity index (χ4n) is 2.44. The van der Waals surface area contributed by atoms with Crippen molar-refractivity contribution in [1.29, 1.82) is 0 Å². The molecular weight excluding hydrogens is 416 g/mol. The van der Waals surface area contributed by atoms with Gasteiger partial charge in [-0.2, -0.15) is 5.01 Å². The largest absolute Gasteiger partial charge is 0.490 e. The average molecular weight is 435 g/mol. The summed E-state index contributed by atoms with van der Waals surface area (Å²) in [7, 11) is 0. The van der Waals surface area contributed by atoms with Crippen molar-refractivity contribution in [3.8, 4) is 11.5 Å². The number of thiocarbonyl (C=S) groups is 1. The van der Waals surface area contributed by atoms with Crippen LogP contribution >= 0.6 is 35.3 Å². The lowest BCUT2D eigenvalue weighted by Gasteiger charge is -2.14. The number of thioether (sulfide) groups is 1. The van der Waals surface area contributed by atoms with E-state index < -0.39 is 0 Å². The zero-order valence-corrected chi connectivity index (χ0v) is 17.7. The number of nitrogens with zero attached hydrogens (tertiary/aromatic N) is 1. The van der Waals surface area contributed by atoms with Crippen LogP contribution in [-0.2, 0) is 4.79 Å². The van der Waals surface area contributed by atoms with Gasteiger partial charge in [0.15, 0.2) is 15.8 Å². The quantitative estimate of drug-likeness (QED) is 0.523. The van der Waals surface area contributed by atoms with Crippen LogP contribution in [-0.4, -0.2) is 34.4 Å². The highest BCUT2D eigenvalue weighted by Crippen LogP contribution is 2.34. The molecule has 1 aromatic heterocycles. The number of benzene rings is 1. The first-order chi connectivity index (χ1) is 13.5. The molecule has 2 heterocycles. The van der Waals surface area contributed by atoms with Crippen molar-refractivity contribution in [3.63, 3.8) is 0 Å². The Hall–Kier alpha value is -2.36. The summed E-state index contributed by atoms with van der Waals surface area (Å²) in [4.78, 5) is 25.8. The van der Waals surface area contributed by atoms with Crippen molar-refractivity contribution < 1.29 is 19.1 Å². The molecule has 9 heteroatoms. The number of hydrogen-bond donors (Lipinski definition) is 1. The number of rotatable bonds is 7. The molecular formula is C19H18N2O4S3. The van der Waals surface area contributed by atoms with Crippen LogP contribution in [0.4, 0.5) is 0 Å². The van der Waals surface area contributed by atoms with E-state index in [0.717, 1.165) is 22.3 Å². The van der Waals surface area contributed by atoms with Crippen LogP contribution in [0.15, 0.2) is 40.6 Å². The Balaban J connectivity index is 1.79. The summed E-state index contributed by atoms with van der Waals surface area (Å²) in [6.45, 7) is 4.83. The summed E-state index contributed by atoms with van der Waals surface area (Å²) in [5, 5.41) is 2.90. The molecule has 1 aliphatic rings. The topological polar surface area (TPSA) is 67.9 Å². The summed E-state index contributed by atoms with van der Waals surface area (Å²) < 4.78 is 11.5. The Morgan fingerprint density at radius 1 is 1.21 bits per heavy atom. The van der Waals surface area contributed by atoms with Gasteiger partial charge < -0.3 is 9.47 Å². The summed E-state index contributed by atoms with van der Waals surface area (Å²) >= 11 is 7.68. The molecule has 1 aromatic carbocycles. The van der Waals surface area contributed by atoms with Crippen LogP contribution in [0.5, 0.6) is 11.5 Å². The van der Waals surface area contributed by atoms with Crippen LogP contribution in [0.1, 0.15) is 29.1 Å². The zero-order chi connectivity index (χ0) is 20.1. The minimum absolute atomic E-state index is 0.275. The van der Waals surface area contributed by atoms with Gasteiger partial charge in [-0.1, -0.05) is 23.9 Å². The smallest absolute Gasteiger partial charge is 0.285 e. The summed E-state index contributed by atoms with van der Waals surface area (Å²) in [5.74, 6) is 0.524. The van der Waals surface area contributed by atoms with Crippen molar-refractivity contribution in [3.05, 3.63) is 51.1 Å². The van der Waals surface area contributed by atoms with Crippen LogP contribution in [0.2, 0.25) is 0 Å². The Bertz CT molecular complexity index is 925. The first kappa shape index (κ1) is 20.4. The Morgan fingerprint density at radius 2 is 1.96 bits per heavy atom. The second-order valence-electron chi connectivity index (χ2n) is 5.51. The number of thiophene rings is 1. The predicted molar refractivity (Wildman–Crippen MR) is 116 cm³/mol. The second-order valence-corrected chi connectivity index (χ2v) is 8.13. The van der Waals surface area contributed by atoms with E-state index in [9.17, 15) is 9.59 Å². The van der Waals surface area contributed by atoms with Crippen LogP contribution in [0.25, 0.3) is 6.08 Å². The lowest BCUT2D eigenvalue weighted by Crippen LogP contribution is -2.44. The van der Waals surface area contributed by atoms with Gasteiger partial charge in [-0.3, -0.25) is 15.0 Å². The molecule has 1 aliphatic heterocycles. The molecule has 0 saturated carbocycles. The third-order valence-electron chi connectivity index (χ3n) is 3.62. The van der Waals surface area contributed by atoms with E-state index in [1.54, 1.807) is 29.7 Å². The van der Waals surface area contributed by atoms with Crippen LogP contribution in [0.3, 0.4) is 0 Å². The van der Waals surface area contributed by atoms with Crippen LogP contribution < -0.4 is 14.9 Å². The summed E-state index contributed by atoms with van der Waals surface area (Å²) in [5.41, 5.74) is 3.34. The highest BCUT2D eigenvalue weighted by molar-refractivity contribution is 8.26. The van der Waals surface area contributed by atoms with Crippen molar-refractivity contribution >= 4 is 57.5 Å². The molecule has 1 N–H and O–H groups in total. The fourth-order valence-corrected chi connectivity index (χ4v) is 4.23. The number of carbonyl (C=O) groups excluding carboxylic acids is 2. The highest BCUT2D eigenvalue weighted by Gasteiger charge is 2.34. The van der Waals surface area contributed by atoms with Gasteiger partial charge in [-0.25, -0.2) is 0 Å². The third-order valence-corrected chi connectivity index (χ3v) is 5.79. The molecule has 2 amide bonds. The van der Waals surface area contributed by atoms with E-state index in [1.807, 2.05) is 26.0 Å². The van der Waals surface area contributed by atoms with Crippen LogP contribution in [0, 0.1) is 0 Å². The number of carbonyl (C=O) groups is 2. The minimum Gasteiger partial charge on any atom is -0.490 e. The Morgan fingerprint density at radius 3 is 2.64 bits per heavy atom. The standard InChI is InChI=1S/C19H18N2O4S3/c1-3-24-13-8-7-12(10-14(13)25-4-2)11-16-18(23)21(19(26)28-16)20-17(22)15-6-5-9-27-15/h5-11H,3-4H2,1-2H3,(H,20,22)/b16-11+. The Kier molecular flexibility index (Phi) is 6.71. The normalized spacial score (nSPS) is 15.2. The lowest BCUT2D eigenvalue weighted by atomic mass is 10.2. The molecule has 1 fully saturated rings. The molecule has 146 valence electrons. The van der Waals surface area contributed by atoms with Gasteiger partial charge in [0.1, 0.15) is 0 Å². The van der Waals surface area contributed by atoms with Gasteiger partial charge in [0.05, 0.1) is 23.0 Å². The summed E-state index contributed by atoms with van der Waals surface area (Å²) in [6.07, 6.45) is 1.72. The molecule has 0 aliphatic carbocycles. The number of hydrogen-bond acceptors (Lipinski definition) is 7. The molecule has 1 saturated heterocycles. The van der Waals surface area contributed by atoms with Crippen molar-refractivity contribution in [2.24, 2.45) is 0 Å². The average Bonchev–Trinajstić information content (AvgIpc) is 3.29. The maximum atomic E-state index is 12.7. The van der Waals surface area contributed by atoms with Gasteiger partial charge in [-0.05, 0) is 61.3 Å². The van der Waals surface area contributed by atoms with E-state index in [1.165, 1.54) is 11.3 Å². The van der Waals surface area contributed by atoms with Crippen molar-refractivity contribution in [2.75, 3.05) is 13.2 Å². The minimum atomic E-state index is -0.369. The van der Waals surface area contributed by atoms with Gasteiger partial charge in [-0.15, -0.1) is 11.3 Å². The zero-order valence-electron chi connectivity index (χ0n) is 15.3. The Labute approximate surface area is 176 Å². The first-order valence-electron chi connectivity index (χ1n) is 8.55. The molecule has 0 unspecified atom stereocenters. The maximum absolute atomic E-state index is 12.7. The number of nitrogens with one attached hydrogen (secondary N) is 1. The molecule has 6 nitrogen and oxygen atoms in total. The van der Waals surface area contributed by atoms with Gasteiger partial charge >= 0.3 is 0 Å². The van der Waals surface area contributed by atoms with E-state index in [2.05, 4.69) is 5.43 Å². The van der Waals surface area contributed by atoms with Gasteiger partial charge in [0, 0.05) is 0 Å². The third kappa shape index (κ3) is 4.54. The van der Waals surface area contributed by atoms with Crippen molar-refractivity contribution in [2.45, 2.75) is 13.8 Å². The maximum Gasteiger partial charge on any atom is 0.285 e. The molecule has 28 heavy (non-hydrogen) atoms. The number of amides is 2. The first-order valence-corrected chi connectivity index (χ1v) is 10.7. The molecule has 0 atom stereocenters. The van der Waals surface area contributed by atoms with Gasteiger partial charge in [0.25, 0.3) is 11.8 Å². The molecule has 0 radical (unpaired) electrons. The lowest BCUT2D eigenvalue weighted by molar-refractivity contribution is -0.123. The van der Waals surface area contributed by atoms with Gasteiger partial charge in [0.2, 0.25) is 0 Å². The predicted octanol–water partition coefficient (Wildman–Crippen LogP) is 4.09. The van der Waals surface area contributed by atoms with E-state index in [-0.39, 0.29) is 16.1 Å². The fraction of sp³-hybridized carbons (Fsp3) is 0.211. The summed E-state index contributed by atoms with van der Waals surface area (Å²) in [6, 6.07) is 8.91. The van der Waals surface area contributed by atoms with E-state index in [4.69, 9.17) is 21.7 Å². The number of ether oxygens (including phenoxy) is 2. The monoisotopic (exact) mass is 434 g/mol. The highest BCUT2D eigenvalue weighted by atomic mass is 32.2. The van der Waals surface area contributed by atoms with Crippen molar-refractivity contribution in [1.82, 2.24) is 10.4 Å². The molecule has 0 bridgehead atoms. The molecule has 2 aromatic rings. The molecule has 3 rings (SSSR count). The number of hydrazine groups is 1.